The molecule has 2 rings (SSSR count). The lowest BCUT2D eigenvalue weighted by Crippen LogP contribution is -1.83. The summed E-state index contributed by atoms with van der Waals surface area (Å²) in [4.78, 5) is 3.57. The molecule has 1 aromatic heterocycles. The minimum Gasteiger partial charge on any atom is -0.399 e. The van der Waals surface area contributed by atoms with Gasteiger partial charge in [-0.05, 0) is 35.4 Å². The molecule has 0 aliphatic heterocycles. The second kappa shape index (κ2) is 4.57. The zero-order chi connectivity index (χ0) is 11.4. The molecule has 0 saturated heterocycles. The van der Waals surface area contributed by atoms with Crippen LogP contribution in [-0.2, 0) is 0 Å². The van der Waals surface area contributed by atoms with Crippen LogP contribution in [0.15, 0.2) is 42.6 Å². The Bertz CT molecular complexity index is 439. The van der Waals surface area contributed by atoms with Crippen molar-refractivity contribution in [2.45, 2.75) is 0 Å². The van der Waals surface area contributed by atoms with Crippen molar-refractivity contribution in [2.24, 2.45) is 0 Å². The van der Waals surface area contributed by atoms with Crippen LogP contribution in [0.1, 0.15) is 11.1 Å². The first-order valence-corrected chi connectivity index (χ1v) is 4.89. The van der Waals surface area contributed by atoms with E-state index in [0.29, 0.717) is 0 Å². The highest BCUT2D eigenvalue weighted by Gasteiger charge is 1.91. The maximum atomic E-state index is 12.5. The summed E-state index contributed by atoms with van der Waals surface area (Å²) in [7, 11) is 0. The molecule has 0 radical (unpaired) electrons. The normalized spacial score (nSPS) is 10.8. The van der Waals surface area contributed by atoms with E-state index >= 15 is 0 Å². The number of hydrogen-bond acceptors (Lipinski definition) is 2. The van der Waals surface area contributed by atoms with Gasteiger partial charge in [0.15, 0.2) is 0 Å². The molecule has 0 spiro atoms. The molecular formula is C13H11FN2. The Morgan fingerprint density at radius 2 is 1.56 bits per heavy atom. The minimum absolute atomic E-state index is 0.468. The molecule has 16 heavy (non-hydrogen) atoms. The second-order valence-electron chi connectivity index (χ2n) is 3.41. The minimum atomic E-state index is -0.468. The van der Waals surface area contributed by atoms with Crippen molar-refractivity contribution in [3.05, 3.63) is 59.7 Å². The predicted molar refractivity (Wildman–Crippen MR) is 64.0 cm³/mol. The van der Waals surface area contributed by atoms with Crippen molar-refractivity contribution in [3.63, 3.8) is 0 Å². The van der Waals surface area contributed by atoms with Gasteiger partial charge in [-0.25, -0.2) is 4.98 Å². The number of nitrogen functional groups attached to an aromatic ring is 1. The van der Waals surface area contributed by atoms with Crippen molar-refractivity contribution in [2.75, 3.05) is 5.73 Å². The number of rotatable bonds is 2. The summed E-state index contributed by atoms with van der Waals surface area (Å²) in [5.41, 5.74) is 8.21. The van der Waals surface area contributed by atoms with E-state index in [1.807, 2.05) is 36.4 Å². The molecule has 1 heterocycles. The van der Waals surface area contributed by atoms with Crippen LogP contribution in [0, 0.1) is 5.95 Å². The molecule has 0 amide bonds. The monoisotopic (exact) mass is 214 g/mol. The van der Waals surface area contributed by atoms with Gasteiger partial charge in [0.1, 0.15) is 0 Å². The van der Waals surface area contributed by atoms with Crippen LogP contribution in [-0.4, -0.2) is 4.98 Å². The summed E-state index contributed by atoms with van der Waals surface area (Å²) in [5, 5.41) is 0. The van der Waals surface area contributed by atoms with Crippen LogP contribution in [0.3, 0.4) is 0 Å². The van der Waals surface area contributed by atoms with Crippen molar-refractivity contribution in [1.82, 2.24) is 4.98 Å². The van der Waals surface area contributed by atoms with Gasteiger partial charge in [-0.1, -0.05) is 24.3 Å². The first kappa shape index (κ1) is 10.4. The van der Waals surface area contributed by atoms with Gasteiger partial charge in [0.05, 0.1) is 0 Å². The van der Waals surface area contributed by atoms with E-state index in [1.165, 1.54) is 12.3 Å². The topological polar surface area (TPSA) is 38.9 Å². The Balaban J connectivity index is 2.15. The number of pyridine rings is 1. The molecule has 2 nitrogen and oxygen atoms in total. The molecule has 0 saturated carbocycles. The third-order valence-electron chi connectivity index (χ3n) is 2.15. The Labute approximate surface area is 93.3 Å². The molecule has 0 aliphatic carbocycles. The highest BCUT2D eigenvalue weighted by Crippen LogP contribution is 2.10. The zero-order valence-corrected chi connectivity index (χ0v) is 8.60. The predicted octanol–water partition coefficient (Wildman–Crippen LogP) is 2.97. The van der Waals surface area contributed by atoms with Crippen LogP contribution in [0.25, 0.3) is 12.2 Å². The van der Waals surface area contributed by atoms with Crippen molar-refractivity contribution in [3.8, 4) is 0 Å². The van der Waals surface area contributed by atoms with E-state index in [1.54, 1.807) is 6.07 Å². The van der Waals surface area contributed by atoms with Crippen LogP contribution >= 0.6 is 0 Å². The van der Waals surface area contributed by atoms with Crippen molar-refractivity contribution in [1.29, 1.82) is 0 Å². The summed E-state index contributed by atoms with van der Waals surface area (Å²) < 4.78 is 12.5. The third kappa shape index (κ3) is 2.67. The van der Waals surface area contributed by atoms with E-state index in [2.05, 4.69) is 4.98 Å². The number of halogens is 1. The molecule has 0 fully saturated rings. The molecular weight excluding hydrogens is 203 g/mol. The van der Waals surface area contributed by atoms with Crippen LogP contribution < -0.4 is 5.73 Å². The SMILES string of the molecule is Nc1ccc(/C=C/c2ccc(F)nc2)cc1. The molecule has 0 unspecified atom stereocenters. The lowest BCUT2D eigenvalue weighted by Gasteiger charge is -1.95. The first-order valence-electron chi connectivity index (χ1n) is 4.89. The summed E-state index contributed by atoms with van der Waals surface area (Å²) in [6.07, 6.45) is 5.29. The quantitative estimate of drug-likeness (QED) is 0.616. The van der Waals surface area contributed by atoms with Crippen LogP contribution in [0.5, 0.6) is 0 Å². The first-order chi connectivity index (χ1) is 7.74. The molecule has 0 atom stereocenters. The van der Waals surface area contributed by atoms with E-state index in [0.717, 1.165) is 16.8 Å². The zero-order valence-electron chi connectivity index (χ0n) is 8.60. The van der Waals surface area contributed by atoms with Gasteiger partial charge in [-0.15, -0.1) is 0 Å². The van der Waals surface area contributed by atoms with Gasteiger partial charge >= 0.3 is 0 Å². The van der Waals surface area contributed by atoms with E-state index < -0.39 is 5.95 Å². The van der Waals surface area contributed by atoms with Gasteiger partial charge in [0, 0.05) is 11.9 Å². The Morgan fingerprint density at radius 3 is 2.19 bits per heavy atom. The molecule has 1 aromatic carbocycles. The third-order valence-corrected chi connectivity index (χ3v) is 2.15. The fourth-order valence-electron chi connectivity index (χ4n) is 1.29. The average Bonchev–Trinajstić information content (AvgIpc) is 2.30. The number of nitrogens with two attached hydrogens (primary N) is 1. The molecule has 0 bridgehead atoms. The van der Waals surface area contributed by atoms with Crippen LogP contribution in [0.4, 0.5) is 10.1 Å². The molecule has 80 valence electrons. The Morgan fingerprint density at radius 1 is 0.938 bits per heavy atom. The maximum absolute atomic E-state index is 12.5. The van der Waals surface area contributed by atoms with Crippen LogP contribution in [0.2, 0.25) is 0 Å². The number of benzene rings is 1. The Hall–Kier alpha value is -2.16. The lowest BCUT2D eigenvalue weighted by molar-refractivity contribution is 0.583. The average molecular weight is 214 g/mol. The van der Waals surface area contributed by atoms with Gasteiger partial charge < -0.3 is 5.73 Å². The lowest BCUT2D eigenvalue weighted by atomic mass is 10.1. The van der Waals surface area contributed by atoms with Gasteiger partial charge in [-0.3, -0.25) is 0 Å². The summed E-state index contributed by atoms with van der Waals surface area (Å²) in [6, 6.07) is 10.5. The molecule has 2 aromatic rings. The number of anilines is 1. The standard InChI is InChI=1S/C13H11FN2/c14-13-8-5-11(9-16-13)2-1-10-3-6-12(15)7-4-10/h1-9H,15H2/b2-1+. The van der Waals surface area contributed by atoms with Crippen molar-refractivity contribution >= 4 is 17.8 Å². The fraction of sp³-hybridized carbons (Fsp3) is 0. The highest BCUT2D eigenvalue weighted by atomic mass is 19.1. The Kier molecular flexibility index (Phi) is 2.96. The van der Waals surface area contributed by atoms with E-state index in [-0.39, 0.29) is 0 Å². The molecule has 3 heteroatoms. The maximum Gasteiger partial charge on any atom is 0.212 e. The summed E-state index contributed by atoms with van der Waals surface area (Å²) >= 11 is 0. The second-order valence-corrected chi connectivity index (χ2v) is 3.41. The summed E-state index contributed by atoms with van der Waals surface area (Å²) in [5.74, 6) is -0.468. The fourth-order valence-corrected chi connectivity index (χ4v) is 1.29. The highest BCUT2D eigenvalue weighted by molar-refractivity contribution is 5.69. The van der Waals surface area contributed by atoms with E-state index in [4.69, 9.17) is 5.73 Å². The number of aromatic nitrogens is 1. The number of nitrogens with zero attached hydrogens (tertiary/aromatic N) is 1. The number of hydrogen-bond donors (Lipinski definition) is 1. The molecule has 0 aliphatic rings. The summed E-state index contributed by atoms with van der Waals surface area (Å²) in [6.45, 7) is 0. The largest absolute Gasteiger partial charge is 0.399 e. The van der Waals surface area contributed by atoms with Gasteiger partial charge in [0.25, 0.3) is 0 Å². The smallest absolute Gasteiger partial charge is 0.212 e. The molecule has 2 N–H and O–H groups in total. The van der Waals surface area contributed by atoms with E-state index in [9.17, 15) is 4.39 Å². The van der Waals surface area contributed by atoms with Crippen molar-refractivity contribution < 1.29 is 4.39 Å². The van der Waals surface area contributed by atoms with Gasteiger partial charge in [0.2, 0.25) is 5.95 Å². The van der Waals surface area contributed by atoms with Gasteiger partial charge in [-0.2, -0.15) is 4.39 Å².